The molecule has 6 aromatic carbocycles. The van der Waals surface area contributed by atoms with Gasteiger partial charge in [-0.2, -0.15) is 0 Å². The van der Waals surface area contributed by atoms with Crippen LogP contribution in [0.15, 0.2) is 127 Å². The minimum absolute atomic E-state index is 0.0420. The molecule has 3 atom stereocenters. The molecule has 9 aliphatic rings. The first-order chi connectivity index (χ1) is 43.6. The molecule has 18 nitrogen and oxygen atoms in total. The zero-order valence-corrected chi connectivity index (χ0v) is 51.0. The number of esters is 3. The molecule has 0 saturated carbocycles. The lowest BCUT2D eigenvalue weighted by atomic mass is 9.86. The molecule has 3 amide bonds. The van der Waals surface area contributed by atoms with E-state index in [1.807, 2.05) is 0 Å². The normalized spacial score (nSPS) is 22.8. The monoisotopic (exact) mass is 1250 g/mol. The van der Waals surface area contributed by atoms with Gasteiger partial charge in [0.15, 0.2) is 0 Å². The Labute approximate surface area is 526 Å². The second-order valence-electron chi connectivity index (χ2n) is 24.3. The zero-order chi connectivity index (χ0) is 62.6. The number of hydrogen-bond donors (Lipinski definition) is 0. The topological polar surface area (TPSA) is 177 Å². The predicted octanol–water partition coefficient (Wildman–Crippen LogP) is 12.0. The van der Waals surface area contributed by atoms with Crippen molar-refractivity contribution in [2.45, 2.75) is 90.0 Å². The van der Waals surface area contributed by atoms with E-state index >= 15 is 4.39 Å². The molecule has 3 unspecified atom stereocenters. The molecule has 6 bridgehead atoms. The van der Waals surface area contributed by atoms with E-state index < -0.39 is 47.8 Å². The zero-order valence-electron chi connectivity index (χ0n) is 50.2. The molecule has 21 heteroatoms. The first kappa shape index (κ1) is 61.8. The van der Waals surface area contributed by atoms with Crippen molar-refractivity contribution in [3.05, 3.63) is 189 Å². The van der Waals surface area contributed by atoms with Gasteiger partial charge in [-0.3, -0.25) is 29.4 Å². The molecule has 9 saturated heterocycles. The lowest BCUT2D eigenvalue weighted by molar-refractivity contribution is -0.0313. The van der Waals surface area contributed by atoms with Crippen molar-refractivity contribution >= 4 is 64.9 Å². The van der Waals surface area contributed by atoms with Crippen LogP contribution < -0.4 is 19.4 Å². The van der Waals surface area contributed by atoms with Gasteiger partial charge in [-0.05, 0) is 204 Å². The summed E-state index contributed by atoms with van der Waals surface area (Å²) < 4.78 is 64.6. The third-order valence-electron chi connectivity index (χ3n) is 18.6. The van der Waals surface area contributed by atoms with E-state index in [0.29, 0.717) is 64.7 Å². The highest BCUT2D eigenvalue weighted by Crippen LogP contribution is 2.36. The number of amides is 3. The third-order valence-corrected chi connectivity index (χ3v) is 18.9. The molecular weight excluding hydrogens is 1180 g/mol. The smallest absolute Gasteiger partial charge is 0.415 e. The lowest BCUT2D eigenvalue weighted by Gasteiger charge is -2.44. The molecule has 6 aromatic rings. The van der Waals surface area contributed by atoms with E-state index in [-0.39, 0.29) is 84.0 Å². The SMILES string of the molecule is COC(=O)c1ccc(CN(C(=O)OC2CN3CCC2CC3)c2ccc(OC(=O)c3ccc(CN(C(=O)OC4CN5CCC4CC5)c4ccc(COC(=O)c5ccc(CN(C(=O)OC6CN7CCC6CC7)c6cc(F)ccc6F)cc5)c(Cl)c4)cc3)c(C)c2)cc1. The molecule has 0 aromatic heterocycles. The average Bonchev–Trinajstić information content (AvgIpc) is 1.17. The second-order valence-corrected chi connectivity index (χ2v) is 24.7. The number of ether oxygens (including phenoxy) is 6. The largest absolute Gasteiger partial charge is 0.465 e. The highest BCUT2D eigenvalue weighted by atomic mass is 35.5. The summed E-state index contributed by atoms with van der Waals surface area (Å²) in [7, 11) is 1.32. The second kappa shape index (κ2) is 27.4. The van der Waals surface area contributed by atoms with Gasteiger partial charge in [0.05, 0.1) is 49.1 Å². The summed E-state index contributed by atoms with van der Waals surface area (Å²) in [5.74, 6) is -2.26. The van der Waals surface area contributed by atoms with Crippen molar-refractivity contribution in [2.75, 3.05) is 80.7 Å². The molecule has 9 heterocycles. The number of carbonyl (C=O) groups excluding carboxylic acids is 6. The maximum absolute atomic E-state index is 15.2. The lowest BCUT2D eigenvalue weighted by Crippen LogP contribution is -2.53. The van der Waals surface area contributed by atoms with Gasteiger partial charge in [0, 0.05) is 47.7 Å². The van der Waals surface area contributed by atoms with Crippen molar-refractivity contribution in [3.8, 4) is 5.75 Å². The summed E-state index contributed by atoms with van der Waals surface area (Å²) in [6.45, 7) is 9.26. The number of nitrogens with zero attached hydrogens (tertiary/aromatic N) is 6. The average molecular weight is 1250 g/mol. The van der Waals surface area contributed by atoms with Gasteiger partial charge < -0.3 is 28.4 Å². The van der Waals surface area contributed by atoms with Crippen LogP contribution in [0, 0.1) is 36.3 Å². The Morgan fingerprint density at radius 3 is 1.36 bits per heavy atom. The molecule has 0 N–H and O–H groups in total. The minimum Gasteiger partial charge on any atom is -0.465 e. The Hall–Kier alpha value is -8.43. The number of hydrogen-bond acceptors (Lipinski definition) is 15. The van der Waals surface area contributed by atoms with Gasteiger partial charge in [-0.15, -0.1) is 0 Å². The number of halogens is 3. The molecule has 470 valence electrons. The van der Waals surface area contributed by atoms with Crippen LogP contribution in [0.25, 0.3) is 0 Å². The summed E-state index contributed by atoms with van der Waals surface area (Å²) in [6, 6.07) is 32.7. The van der Waals surface area contributed by atoms with Crippen LogP contribution in [-0.2, 0) is 49.9 Å². The third kappa shape index (κ3) is 14.3. The van der Waals surface area contributed by atoms with Crippen molar-refractivity contribution < 1.29 is 66.0 Å². The number of carbonyl (C=O) groups is 6. The molecule has 0 spiro atoms. The van der Waals surface area contributed by atoms with Crippen LogP contribution in [0.3, 0.4) is 0 Å². The molecule has 9 aliphatic heterocycles. The first-order valence-electron chi connectivity index (χ1n) is 30.8. The number of piperidine rings is 9. The molecule has 0 radical (unpaired) electrons. The fourth-order valence-corrected chi connectivity index (χ4v) is 13.4. The predicted molar refractivity (Wildman–Crippen MR) is 331 cm³/mol. The van der Waals surface area contributed by atoms with Gasteiger partial charge in [-0.25, -0.2) is 37.5 Å². The van der Waals surface area contributed by atoms with E-state index in [0.717, 1.165) is 106 Å². The number of aryl methyl sites for hydroxylation is 1. The summed E-state index contributed by atoms with van der Waals surface area (Å²) >= 11 is 6.91. The Balaban J connectivity index is 0.699. The molecule has 9 fully saturated rings. The number of anilines is 3. The quantitative estimate of drug-likeness (QED) is 0.0451. The molecule has 90 heavy (non-hydrogen) atoms. The Bertz CT molecular complexity index is 3630. The van der Waals surface area contributed by atoms with Crippen LogP contribution in [0.1, 0.15) is 97.4 Å². The van der Waals surface area contributed by atoms with Crippen molar-refractivity contribution in [1.29, 1.82) is 0 Å². The van der Waals surface area contributed by atoms with Crippen molar-refractivity contribution in [2.24, 2.45) is 17.8 Å². The standard InChI is InChI=1S/C69H71ClF2N6O12/c1-43-33-55(76(36-44-3-9-50(10-4-44)64(79)85-2)67(82)88-61-39-73-27-21-47(61)22-28-73)18-20-60(43)87-66(81)52-13-7-45(8-14-52)37-77(68(83)89-62-40-74-29-23-48(62)24-30-74)56-17-15-53(57(70)35-56)42-86-65(80)51-11-5-46(6-12-51)38-78(59-34-54(71)16-19-58(59)72)69(84)90-63-41-75-31-25-49(63)26-32-75/h3-20,33-35,47-49,61-63H,21-32,36-42H2,1-2H3. The van der Waals surface area contributed by atoms with Crippen LogP contribution in [0.4, 0.5) is 40.2 Å². The summed E-state index contributed by atoms with van der Waals surface area (Å²) in [6.07, 6.45) is 2.80. The van der Waals surface area contributed by atoms with Crippen molar-refractivity contribution in [3.63, 3.8) is 0 Å². The number of methoxy groups -OCH3 is 1. The Morgan fingerprint density at radius 2 is 0.922 bits per heavy atom. The Morgan fingerprint density at radius 1 is 0.500 bits per heavy atom. The highest BCUT2D eigenvalue weighted by molar-refractivity contribution is 6.31. The maximum atomic E-state index is 15.2. The summed E-state index contributed by atoms with van der Waals surface area (Å²) in [5.41, 5.74) is 4.50. The Kier molecular flexibility index (Phi) is 18.8. The summed E-state index contributed by atoms with van der Waals surface area (Å²) in [5, 5.41) is 0.219. The van der Waals surface area contributed by atoms with Gasteiger partial charge in [0.1, 0.15) is 42.3 Å². The van der Waals surface area contributed by atoms with Crippen LogP contribution in [-0.4, -0.2) is 135 Å². The van der Waals surface area contributed by atoms with Crippen LogP contribution >= 0.6 is 11.6 Å². The maximum Gasteiger partial charge on any atom is 0.415 e. The number of benzene rings is 6. The van der Waals surface area contributed by atoms with Gasteiger partial charge in [-0.1, -0.05) is 54.1 Å². The minimum atomic E-state index is -0.796. The fourth-order valence-electron chi connectivity index (χ4n) is 13.2. The van der Waals surface area contributed by atoms with Crippen molar-refractivity contribution in [1.82, 2.24) is 14.7 Å². The first-order valence-corrected chi connectivity index (χ1v) is 31.2. The fraction of sp³-hybridized carbons (Fsp3) is 0.391. The highest BCUT2D eigenvalue weighted by Gasteiger charge is 2.41. The van der Waals surface area contributed by atoms with Gasteiger partial charge in [0.2, 0.25) is 0 Å². The molecular formula is C69H71ClF2N6O12. The molecule has 0 aliphatic carbocycles. The van der Waals surface area contributed by atoms with E-state index in [4.69, 9.17) is 40.0 Å². The van der Waals surface area contributed by atoms with Gasteiger partial charge in [0.25, 0.3) is 0 Å². The number of rotatable bonds is 18. The van der Waals surface area contributed by atoms with E-state index in [1.165, 1.54) is 24.1 Å². The van der Waals surface area contributed by atoms with Crippen LogP contribution in [0.2, 0.25) is 5.02 Å². The summed E-state index contributed by atoms with van der Waals surface area (Å²) in [4.78, 5) is 92.5. The van der Waals surface area contributed by atoms with Crippen LogP contribution in [0.5, 0.6) is 5.75 Å². The molecule has 15 rings (SSSR count). The van der Waals surface area contributed by atoms with E-state index in [1.54, 1.807) is 109 Å². The van der Waals surface area contributed by atoms with Gasteiger partial charge >= 0.3 is 36.2 Å². The van der Waals surface area contributed by atoms with E-state index in [2.05, 4.69) is 14.7 Å². The number of fused-ring (bicyclic) bond motifs is 9. The van der Waals surface area contributed by atoms with E-state index in [9.17, 15) is 33.2 Å².